The first kappa shape index (κ1) is 24.2. The van der Waals surface area contributed by atoms with Crippen LogP contribution in [0.4, 0.5) is 5.69 Å². The van der Waals surface area contributed by atoms with E-state index >= 15 is 0 Å². The van der Waals surface area contributed by atoms with Crippen molar-refractivity contribution in [2.45, 2.75) is 43.4 Å². The number of carbonyl (C=O) groups is 2. The van der Waals surface area contributed by atoms with Crippen LogP contribution in [0.5, 0.6) is 0 Å². The molecule has 7 nitrogen and oxygen atoms in total. The molecular formula is C26H30N2O5S. The zero-order valence-electron chi connectivity index (χ0n) is 19.8. The van der Waals surface area contributed by atoms with Crippen LogP contribution in [0, 0.1) is 0 Å². The van der Waals surface area contributed by atoms with Gasteiger partial charge in [0.05, 0.1) is 10.5 Å². The largest absolute Gasteiger partial charge is 0.454 e. The Balaban J connectivity index is 1.40. The van der Waals surface area contributed by atoms with Gasteiger partial charge in [0.15, 0.2) is 12.4 Å². The highest BCUT2D eigenvalue weighted by molar-refractivity contribution is 7.89. The van der Waals surface area contributed by atoms with Gasteiger partial charge < -0.3 is 9.64 Å². The molecule has 0 aliphatic carbocycles. The van der Waals surface area contributed by atoms with Crippen LogP contribution in [0.1, 0.15) is 49.0 Å². The second-order valence-electron chi connectivity index (χ2n) is 9.26. The van der Waals surface area contributed by atoms with Gasteiger partial charge in [-0.2, -0.15) is 4.31 Å². The minimum Gasteiger partial charge on any atom is -0.454 e. The summed E-state index contributed by atoms with van der Waals surface area (Å²) in [7, 11) is -1.65. The number of fused-ring (bicyclic) bond motifs is 1. The maximum atomic E-state index is 12.8. The first-order valence-electron chi connectivity index (χ1n) is 11.5. The lowest BCUT2D eigenvalue weighted by Crippen LogP contribution is -2.35. The molecule has 0 aromatic heterocycles. The van der Waals surface area contributed by atoms with Crippen molar-refractivity contribution >= 4 is 27.5 Å². The van der Waals surface area contributed by atoms with Crippen LogP contribution < -0.4 is 4.90 Å². The topological polar surface area (TPSA) is 84.0 Å². The third-order valence-electron chi connectivity index (χ3n) is 6.63. The maximum absolute atomic E-state index is 12.8. The molecule has 0 N–H and O–H groups in total. The number of rotatable bonds is 6. The fraction of sp³-hybridized carbons (Fsp3) is 0.385. The molecule has 2 aromatic carbocycles. The van der Waals surface area contributed by atoms with Crippen LogP contribution >= 0.6 is 0 Å². The van der Waals surface area contributed by atoms with Crippen LogP contribution in [0.3, 0.4) is 0 Å². The van der Waals surface area contributed by atoms with Crippen molar-refractivity contribution in [2.24, 2.45) is 0 Å². The summed E-state index contributed by atoms with van der Waals surface area (Å²) in [6, 6.07) is 13.7. The number of sulfonamides is 1. The first-order valence-corrected chi connectivity index (χ1v) is 12.9. The third kappa shape index (κ3) is 4.52. The van der Waals surface area contributed by atoms with Gasteiger partial charge in [-0.25, -0.2) is 13.2 Å². The molecule has 0 amide bonds. The Morgan fingerprint density at radius 3 is 2.29 bits per heavy atom. The molecule has 2 aliphatic rings. The van der Waals surface area contributed by atoms with Crippen LogP contribution in [-0.2, 0) is 25.0 Å². The number of ether oxygens (including phenoxy) is 1. The highest BCUT2D eigenvalue weighted by Crippen LogP contribution is 2.46. The summed E-state index contributed by atoms with van der Waals surface area (Å²) < 4.78 is 32.2. The summed E-state index contributed by atoms with van der Waals surface area (Å²) >= 11 is 0. The molecule has 0 bridgehead atoms. The summed E-state index contributed by atoms with van der Waals surface area (Å²) in [6.07, 6.45) is 4.27. The molecule has 34 heavy (non-hydrogen) atoms. The van der Waals surface area contributed by atoms with Gasteiger partial charge in [0.1, 0.15) is 0 Å². The average Bonchev–Trinajstić information content (AvgIpc) is 3.04. The molecule has 0 spiro atoms. The van der Waals surface area contributed by atoms with Gasteiger partial charge in [-0.1, -0.05) is 38.5 Å². The zero-order chi connectivity index (χ0) is 24.5. The van der Waals surface area contributed by atoms with Gasteiger partial charge in [0.25, 0.3) is 0 Å². The average molecular weight is 483 g/mol. The quantitative estimate of drug-likeness (QED) is 0.459. The lowest BCUT2D eigenvalue weighted by Gasteiger charge is -2.25. The van der Waals surface area contributed by atoms with Gasteiger partial charge in [0, 0.05) is 43.0 Å². The van der Waals surface area contributed by atoms with E-state index in [1.807, 2.05) is 36.2 Å². The monoisotopic (exact) mass is 482 g/mol. The molecule has 0 unspecified atom stereocenters. The molecule has 2 heterocycles. The normalized spacial score (nSPS) is 19.1. The molecule has 0 atom stereocenters. The number of carbonyl (C=O) groups excluding carboxylic acids is 2. The number of allylic oxidation sites excluding steroid dienone is 1. The van der Waals surface area contributed by atoms with Crippen molar-refractivity contribution < 1.29 is 22.7 Å². The second-order valence-corrected chi connectivity index (χ2v) is 11.2. The van der Waals surface area contributed by atoms with E-state index in [4.69, 9.17) is 4.74 Å². The van der Waals surface area contributed by atoms with Gasteiger partial charge >= 0.3 is 5.97 Å². The molecule has 1 saturated heterocycles. The molecule has 8 heteroatoms. The number of hydrogen-bond donors (Lipinski definition) is 0. The lowest BCUT2D eigenvalue weighted by atomic mass is 9.83. The van der Waals surface area contributed by atoms with E-state index in [0.29, 0.717) is 13.1 Å². The molecular weight excluding hydrogens is 452 g/mol. The molecule has 1 fully saturated rings. The minimum atomic E-state index is -3.57. The number of piperidine rings is 1. The molecule has 2 aliphatic heterocycles. The molecule has 180 valence electrons. The number of hydrogen-bond acceptors (Lipinski definition) is 6. The fourth-order valence-corrected chi connectivity index (χ4v) is 6.21. The Morgan fingerprint density at radius 2 is 1.65 bits per heavy atom. The molecule has 4 rings (SSSR count). The van der Waals surface area contributed by atoms with Crippen LogP contribution in [-0.4, -0.2) is 51.2 Å². The number of ketones is 1. The third-order valence-corrected chi connectivity index (χ3v) is 8.54. The summed E-state index contributed by atoms with van der Waals surface area (Å²) in [6.45, 7) is 4.75. The van der Waals surface area contributed by atoms with Crippen molar-refractivity contribution in [1.82, 2.24) is 4.31 Å². The van der Waals surface area contributed by atoms with Gasteiger partial charge in [-0.15, -0.1) is 0 Å². The molecule has 0 radical (unpaired) electrons. The number of anilines is 1. The van der Waals surface area contributed by atoms with E-state index < -0.39 is 22.6 Å². The van der Waals surface area contributed by atoms with Crippen LogP contribution in [0.2, 0.25) is 0 Å². The summed E-state index contributed by atoms with van der Waals surface area (Å²) in [4.78, 5) is 27.2. The van der Waals surface area contributed by atoms with Crippen molar-refractivity contribution in [3.8, 4) is 0 Å². The van der Waals surface area contributed by atoms with Crippen molar-refractivity contribution in [2.75, 3.05) is 31.6 Å². The second kappa shape index (κ2) is 9.35. The van der Waals surface area contributed by atoms with Gasteiger partial charge in [-0.3, -0.25) is 4.79 Å². The molecule has 2 aromatic rings. The predicted molar refractivity (Wildman–Crippen MR) is 130 cm³/mol. The summed E-state index contributed by atoms with van der Waals surface area (Å²) in [5, 5.41) is 0. The number of esters is 1. The minimum absolute atomic E-state index is 0.151. The number of likely N-dealkylation sites (N-methyl/N-ethyl adjacent to an activating group) is 1. The zero-order valence-corrected chi connectivity index (χ0v) is 20.6. The summed E-state index contributed by atoms with van der Waals surface area (Å²) in [5.74, 6) is -0.989. The van der Waals surface area contributed by atoms with E-state index in [-0.39, 0.29) is 21.7 Å². The molecule has 0 saturated carbocycles. The van der Waals surface area contributed by atoms with E-state index in [1.165, 1.54) is 34.6 Å². The highest BCUT2D eigenvalue weighted by atomic mass is 32.2. The number of nitrogens with zero attached hydrogens (tertiary/aromatic N) is 2. The number of para-hydroxylation sites is 1. The van der Waals surface area contributed by atoms with Crippen molar-refractivity contribution in [3.05, 3.63) is 71.4 Å². The van der Waals surface area contributed by atoms with Gasteiger partial charge in [-0.05, 0) is 48.7 Å². The van der Waals surface area contributed by atoms with E-state index in [2.05, 4.69) is 13.8 Å². The summed E-state index contributed by atoms with van der Waals surface area (Å²) in [5.41, 5.74) is 2.86. The maximum Gasteiger partial charge on any atom is 0.338 e. The van der Waals surface area contributed by atoms with E-state index in [1.54, 1.807) is 0 Å². The van der Waals surface area contributed by atoms with Crippen molar-refractivity contribution in [3.63, 3.8) is 0 Å². The standard InChI is InChI=1S/C26H30N2O5S/c1-26(2)22-9-5-6-10-23(22)27(3)24(26)17-20(29)18-33-25(30)19-11-13-21(14-12-19)34(31,32)28-15-7-4-8-16-28/h5-6,9-14,17H,4,7-8,15-16,18H2,1-3H3. The Kier molecular flexibility index (Phi) is 6.64. The predicted octanol–water partition coefficient (Wildman–Crippen LogP) is 3.90. The van der Waals surface area contributed by atoms with Crippen LogP contribution in [0.15, 0.2) is 65.2 Å². The number of benzene rings is 2. The Morgan fingerprint density at radius 1 is 1.00 bits per heavy atom. The highest BCUT2D eigenvalue weighted by Gasteiger charge is 2.38. The van der Waals surface area contributed by atoms with Crippen LogP contribution in [0.25, 0.3) is 0 Å². The Hall–Kier alpha value is -2.97. The lowest BCUT2D eigenvalue weighted by molar-refractivity contribution is -0.117. The Labute approximate surface area is 201 Å². The SMILES string of the molecule is CN1C(=CC(=O)COC(=O)c2ccc(S(=O)(=O)N3CCCCC3)cc2)C(C)(C)c2ccccc21. The van der Waals surface area contributed by atoms with Gasteiger partial charge in [0.2, 0.25) is 10.0 Å². The fourth-order valence-electron chi connectivity index (χ4n) is 4.69. The van der Waals surface area contributed by atoms with E-state index in [9.17, 15) is 18.0 Å². The smallest absolute Gasteiger partial charge is 0.338 e. The first-order chi connectivity index (χ1) is 16.1. The van der Waals surface area contributed by atoms with Crippen molar-refractivity contribution in [1.29, 1.82) is 0 Å². The Bertz CT molecular complexity index is 1230. The van der Waals surface area contributed by atoms with E-state index in [0.717, 1.165) is 36.2 Å².